The van der Waals surface area contributed by atoms with Gasteiger partial charge in [-0.2, -0.15) is 26.3 Å². The van der Waals surface area contributed by atoms with Crippen molar-refractivity contribution in [2.75, 3.05) is 19.7 Å². The van der Waals surface area contributed by atoms with Crippen molar-refractivity contribution in [3.63, 3.8) is 0 Å². The van der Waals surface area contributed by atoms with E-state index in [0.29, 0.717) is 18.6 Å². The molecule has 1 N–H and O–H groups in total. The lowest BCUT2D eigenvalue weighted by Crippen LogP contribution is -2.40. The molecule has 0 spiro atoms. The second-order valence-electron chi connectivity index (χ2n) is 7.61. The van der Waals surface area contributed by atoms with E-state index in [2.05, 4.69) is 5.32 Å². The summed E-state index contributed by atoms with van der Waals surface area (Å²) >= 11 is 0. The zero-order valence-electron chi connectivity index (χ0n) is 16.2. The fourth-order valence-electron chi connectivity index (χ4n) is 3.94. The summed E-state index contributed by atoms with van der Waals surface area (Å²) in [6.45, 7) is 1.62. The molecule has 0 unspecified atom stereocenters. The zero-order chi connectivity index (χ0) is 21.8. The molecule has 3 rings (SSSR count). The van der Waals surface area contributed by atoms with E-state index in [1.165, 1.54) is 5.56 Å². The lowest BCUT2D eigenvalue weighted by molar-refractivity contribution is -0.143. The highest BCUT2D eigenvalue weighted by Gasteiger charge is 2.37. The topological polar surface area (TPSA) is 21.3 Å². The van der Waals surface area contributed by atoms with Gasteiger partial charge in [-0.05, 0) is 67.1 Å². The molecular formula is C22H23F6NO. The quantitative estimate of drug-likeness (QED) is 0.451. The summed E-state index contributed by atoms with van der Waals surface area (Å²) in [5.74, 6) is 0. The Kier molecular flexibility index (Phi) is 6.77. The van der Waals surface area contributed by atoms with Crippen molar-refractivity contribution >= 4 is 0 Å². The van der Waals surface area contributed by atoms with E-state index in [-0.39, 0.29) is 30.3 Å². The number of hydrogen-bond acceptors (Lipinski definition) is 2. The lowest BCUT2D eigenvalue weighted by atomic mass is 9.71. The van der Waals surface area contributed by atoms with Crippen LogP contribution in [-0.4, -0.2) is 19.7 Å². The summed E-state index contributed by atoms with van der Waals surface area (Å²) in [6, 6.07) is 11.5. The zero-order valence-corrected chi connectivity index (χ0v) is 16.2. The third kappa shape index (κ3) is 5.55. The molecule has 2 aromatic carbocycles. The van der Waals surface area contributed by atoms with Crippen LogP contribution in [0.4, 0.5) is 26.3 Å². The van der Waals surface area contributed by atoms with Gasteiger partial charge in [0, 0.05) is 6.61 Å². The largest absolute Gasteiger partial charge is 0.416 e. The summed E-state index contributed by atoms with van der Waals surface area (Å²) in [5.41, 5.74) is -1.73. The first-order valence-electron chi connectivity index (χ1n) is 9.73. The first-order valence-corrected chi connectivity index (χ1v) is 9.73. The van der Waals surface area contributed by atoms with Crippen LogP contribution in [0.2, 0.25) is 0 Å². The Bertz CT molecular complexity index is 794. The number of benzene rings is 2. The minimum atomic E-state index is -4.86. The minimum absolute atomic E-state index is 0.114. The maximum atomic E-state index is 13.0. The third-order valence-electron chi connectivity index (χ3n) is 5.59. The van der Waals surface area contributed by atoms with Crippen molar-refractivity contribution in [1.29, 1.82) is 0 Å². The third-order valence-corrected chi connectivity index (χ3v) is 5.59. The maximum Gasteiger partial charge on any atom is 0.416 e. The molecular weight excluding hydrogens is 408 g/mol. The molecule has 0 bridgehead atoms. The first-order chi connectivity index (χ1) is 14.1. The average molecular weight is 431 g/mol. The number of halogens is 6. The second kappa shape index (κ2) is 8.98. The predicted octanol–water partition coefficient (Wildman–Crippen LogP) is 5.95. The van der Waals surface area contributed by atoms with Gasteiger partial charge in [0.2, 0.25) is 0 Å². The molecule has 0 saturated carbocycles. The smallest absolute Gasteiger partial charge is 0.377 e. The van der Waals surface area contributed by atoms with Gasteiger partial charge < -0.3 is 10.1 Å². The molecule has 30 heavy (non-hydrogen) atoms. The predicted molar refractivity (Wildman–Crippen MR) is 101 cm³/mol. The molecule has 0 aliphatic carbocycles. The molecule has 0 aromatic heterocycles. The molecule has 1 fully saturated rings. The van der Waals surface area contributed by atoms with Crippen LogP contribution >= 0.6 is 0 Å². The van der Waals surface area contributed by atoms with Gasteiger partial charge in [-0.15, -0.1) is 0 Å². The Labute approximate surface area is 171 Å². The Morgan fingerprint density at radius 3 is 1.93 bits per heavy atom. The summed E-state index contributed by atoms with van der Waals surface area (Å²) < 4.78 is 83.5. The van der Waals surface area contributed by atoms with Gasteiger partial charge in [0.1, 0.15) is 0 Å². The standard InChI is InChI=1S/C22H23F6NO/c23-21(24,25)18-12-16(13-19(14-18)22(26,27)28)15-30-11-8-20(6-9-29-10-7-20)17-4-2-1-3-5-17/h1-5,12-14,29H,6-11,15H2. The number of piperidine rings is 1. The Morgan fingerprint density at radius 1 is 0.833 bits per heavy atom. The van der Waals surface area contributed by atoms with Crippen molar-refractivity contribution < 1.29 is 31.1 Å². The molecule has 1 saturated heterocycles. The second-order valence-corrected chi connectivity index (χ2v) is 7.61. The van der Waals surface area contributed by atoms with Crippen molar-refractivity contribution in [2.24, 2.45) is 0 Å². The van der Waals surface area contributed by atoms with Crippen LogP contribution in [0.5, 0.6) is 0 Å². The van der Waals surface area contributed by atoms with E-state index >= 15 is 0 Å². The van der Waals surface area contributed by atoms with Gasteiger partial charge in [-0.3, -0.25) is 0 Å². The normalized spacial score (nSPS) is 17.1. The number of ether oxygens (including phenoxy) is 1. The fourth-order valence-corrected chi connectivity index (χ4v) is 3.94. The Hall–Kier alpha value is -2.06. The van der Waals surface area contributed by atoms with Crippen molar-refractivity contribution in [1.82, 2.24) is 5.32 Å². The highest BCUT2D eigenvalue weighted by atomic mass is 19.4. The maximum absolute atomic E-state index is 13.0. The molecule has 0 amide bonds. The van der Waals surface area contributed by atoms with Gasteiger partial charge in [0.25, 0.3) is 0 Å². The van der Waals surface area contributed by atoms with Gasteiger partial charge in [-0.1, -0.05) is 30.3 Å². The van der Waals surface area contributed by atoms with Gasteiger partial charge in [0.05, 0.1) is 17.7 Å². The molecule has 2 aromatic rings. The van der Waals surface area contributed by atoms with Crippen molar-refractivity contribution in [2.45, 2.75) is 43.6 Å². The van der Waals surface area contributed by atoms with E-state index in [4.69, 9.17) is 4.74 Å². The minimum Gasteiger partial charge on any atom is -0.377 e. The van der Waals surface area contributed by atoms with Crippen LogP contribution < -0.4 is 5.32 Å². The number of nitrogens with one attached hydrogen (secondary N) is 1. The molecule has 8 heteroatoms. The van der Waals surface area contributed by atoms with E-state index in [1.807, 2.05) is 30.3 Å². The SMILES string of the molecule is FC(F)(F)c1cc(COCCC2(c3ccccc3)CCNCC2)cc(C(F)(F)F)c1. The van der Waals surface area contributed by atoms with Crippen LogP contribution in [0.25, 0.3) is 0 Å². The van der Waals surface area contributed by atoms with E-state index in [0.717, 1.165) is 25.9 Å². The van der Waals surface area contributed by atoms with Gasteiger partial charge in [0.15, 0.2) is 0 Å². The molecule has 164 valence electrons. The summed E-state index contributed by atoms with van der Waals surface area (Å²) in [5, 5.41) is 3.31. The molecule has 0 atom stereocenters. The Balaban J connectivity index is 1.69. The average Bonchev–Trinajstić information content (AvgIpc) is 2.71. The molecule has 2 nitrogen and oxygen atoms in total. The van der Waals surface area contributed by atoms with Gasteiger partial charge >= 0.3 is 12.4 Å². The van der Waals surface area contributed by atoms with Crippen molar-refractivity contribution in [3.8, 4) is 0 Å². The van der Waals surface area contributed by atoms with Crippen molar-refractivity contribution in [3.05, 3.63) is 70.8 Å². The van der Waals surface area contributed by atoms with Crippen LogP contribution in [0.15, 0.2) is 48.5 Å². The van der Waals surface area contributed by atoms with Crippen LogP contribution in [0.3, 0.4) is 0 Å². The molecule has 1 aliphatic rings. The Morgan fingerprint density at radius 2 is 1.40 bits per heavy atom. The first kappa shape index (κ1) is 22.6. The lowest BCUT2D eigenvalue weighted by Gasteiger charge is -2.38. The summed E-state index contributed by atoms with van der Waals surface area (Å²) in [6.07, 6.45) is -7.29. The highest BCUT2D eigenvalue weighted by Crippen LogP contribution is 2.38. The highest BCUT2D eigenvalue weighted by molar-refractivity contribution is 5.33. The van der Waals surface area contributed by atoms with Crippen LogP contribution in [-0.2, 0) is 29.1 Å². The fraction of sp³-hybridized carbons (Fsp3) is 0.455. The number of hydrogen-bond donors (Lipinski definition) is 1. The van der Waals surface area contributed by atoms with Crippen LogP contribution in [0, 0.1) is 0 Å². The van der Waals surface area contributed by atoms with Gasteiger partial charge in [-0.25, -0.2) is 0 Å². The van der Waals surface area contributed by atoms with Crippen LogP contribution in [0.1, 0.15) is 41.5 Å². The summed E-state index contributed by atoms with van der Waals surface area (Å²) in [4.78, 5) is 0. The van der Waals surface area contributed by atoms with E-state index < -0.39 is 23.5 Å². The van der Waals surface area contributed by atoms with E-state index in [9.17, 15) is 26.3 Å². The molecule has 1 heterocycles. The number of alkyl halides is 6. The molecule has 0 radical (unpaired) electrons. The monoisotopic (exact) mass is 431 g/mol. The summed E-state index contributed by atoms with van der Waals surface area (Å²) in [7, 11) is 0. The van der Waals surface area contributed by atoms with E-state index in [1.54, 1.807) is 0 Å². The molecule has 1 aliphatic heterocycles. The number of rotatable bonds is 6.